The molecule has 0 aromatic carbocycles. The van der Waals surface area contributed by atoms with Gasteiger partial charge in [-0.3, -0.25) is 4.79 Å². The first-order valence-electron chi connectivity index (χ1n) is 6.72. The van der Waals surface area contributed by atoms with Crippen LogP contribution in [0.5, 0.6) is 0 Å². The van der Waals surface area contributed by atoms with Gasteiger partial charge in [-0.1, -0.05) is 12.2 Å². The van der Waals surface area contributed by atoms with Crippen LogP contribution >= 0.6 is 0 Å². The number of aliphatic hydroxyl groups excluding tert-OH is 1. The molecule has 0 spiro atoms. The molecule has 0 saturated heterocycles. The quantitative estimate of drug-likeness (QED) is 0.417. The first kappa shape index (κ1) is 17.1. The highest BCUT2D eigenvalue weighted by Gasteiger charge is 2.73. The van der Waals surface area contributed by atoms with E-state index in [0.717, 1.165) is 5.32 Å². The molecular formula is C13H16F5NO3. The first-order valence-corrected chi connectivity index (χ1v) is 6.72. The van der Waals surface area contributed by atoms with E-state index in [1.54, 1.807) is 12.2 Å². The highest BCUT2D eigenvalue weighted by atomic mass is 19.4. The van der Waals surface area contributed by atoms with E-state index in [2.05, 4.69) is 0 Å². The predicted molar refractivity (Wildman–Crippen MR) is 64.6 cm³/mol. The molecule has 1 saturated carbocycles. The minimum atomic E-state index is -5.85. The lowest BCUT2D eigenvalue weighted by Gasteiger charge is -2.41. The van der Waals surface area contributed by atoms with Crippen LogP contribution < -0.4 is 5.32 Å². The van der Waals surface area contributed by atoms with Crippen LogP contribution in [0.25, 0.3) is 0 Å². The SMILES string of the molecule is CC(=O)NC(O)(C(F)(F)F)C(F)(F)C(O)C1CC2C=CC1C2. The second-order valence-corrected chi connectivity index (χ2v) is 5.90. The van der Waals surface area contributed by atoms with Gasteiger partial charge in [-0.25, -0.2) is 0 Å². The summed E-state index contributed by atoms with van der Waals surface area (Å²) in [5.74, 6) is -8.09. The Kier molecular flexibility index (Phi) is 4.02. The number of fused-ring (bicyclic) bond motifs is 2. The number of aliphatic hydroxyl groups is 2. The van der Waals surface area contributed by atoms with Gasteiger partial charge in [-0.05, 0) is 30.6 Å². The van der Waals surface area contributed by atoms with E-state index < -0.39 is 41.7 Å². The zero-order chi connectivity index (χ0) is 16.9. The third-order valence-corrected chi connectivity index (χ3v) is 4.36. The summed E-state index contributed by atoms with van der Waals surface area (Å²) in [7, 11) is 0. The number of hydrogen-bond donors (Lipinski definition) is 3. The van der Waals surface area contributed by atoms with Crippen molar-refractivity contribution in [1.29, 1.82) is 0 Å². The molecule has 0 aliphatic heterocycles. The molecule has 2 rings (SSSR count). The van der Waals surface area contributed by atoms with Crippen molar-refractivity contribution in [3.63, 3.8) is 0 Å². The van der Waals surface area contributed by atoms with Crippen molar-refractivity contribution in [1.82, 2.24) is 5.32 Å². The monoisotopic (exact) mass is 329 g/mol. The van der Waals surface area contributed by atoms with Gasteiger partial charge in [0.2, 0.25) is 5.91 Å². The minimum Gasteiger partial charge on any atom is -0.386 e. The van der Waals surface area contributed by atoms with Crippen molar-refractivity contribution < 1.29 is 37.0 Å². The van der Waals surface area contributed by atoms with Crippen LogP contribution in [0, 0.1) is 17.8 Å². The van der Waals surface area contributed by atoms with Crippen LogP contribution in [0.1, 0.15) is 19.8 Å². The Hall–Kier alpha value is -1.22. The molecule has 0 radical (unpaired) electrons. The molecule has 1 amide bonds. The lowest BCUT2D eigenvalue weighted by atomic mass is 9.82. The van der Waals surface area contributed by atoms with E-state index in [9.17, 15) is 37.0 Å². The number of carbonyl (C=O) groups excluding carboxylic acids is 1. The van der Waals surface area contributed by atoms with Crippen LogP contribution in [-0.2, 0) is 4.79 Å². The summed E-state index contributed by atoms with van der Waals surface area (Å²) in [6, 6.07) is 0. The Balaban J connectivity index is 2.32. The smallest absolute Gasteiger partial charge is 0.386 e. The minimum absolute atomic E-state index is 0.0554. The van der Waals surface area contributed by atoms with Gasteiger partial charge < -0.3 is 15.5 Å². The van der Waals surface area contributed by atoms with Crippen molar-refractivity contribution in [3.8, 4) is 0 Å². The fourth-order valence-corrected chi connectivity index (χ4v) is 3.27. The van der Waals surface area contributed by atoms with Crippen molar-refractivity contribution in [3.05, 3.63) is 12.2 Å². The molecular weight excluding hydrogens is 313 g/mol. The fraction of sp³-hybridized carbons (Fsp3) is 0.769. The highest BCUT2D eigenvalue weighted by Crippen LogP contribution is 2.51. The van der Waals surface area contributed by atoms with Gasteiger partial charge in [-0.2, -0.15) is 22.0 Å². The van der Waals surface area contributed by atoms with E-state index in [0.29, 0.717) is 13.3 Å². The molecule has 1 fully saturated rings. The number of alkyl halides is 5. The van der Waals surface area contributed by atoms with Gasteiger partial charge in [-0.15, -0.1) is 0 Å². The number of carbonyl (C=O) groups is 1. The Bertz CT molecular complexity index is 493. The number of nitrogens with one attached hydrogen (secondary N) is 1. The summed E-state index contributed by atoms with van der Waals surface area (Å²) in [4.78, 5) is 10.8. The number of hydrogen-bond acceptors (Lipinski definition) is 3. The first-order chi connectivity index (χ1) is 9.90. The van der Waals surface area contributed by atoms with Crippen molar-refractivity contribution in [2.45, 2.75) is 43.7 Å². The van der Waals surface area contributed by atoms with E-state index in [4.69, 9.17) is 0 Å². The molecule has 0 aromatic heterocycles. The van der Waals surface area contributed by atoms with Crippen LogP contribution in [0.15, 0.2) is 12.2 Å². The van der Waals surface area contributed by atoms with Crippen LogP contribution in [-0.4, -0.2) is 40.0 Å². The predicted octanol–water partition coefficient (Wildman–Crippen LogP) is 1.58. The van der Waals surface area contributed by atoms with E-state index in [-0.39, 0.29) is 12.3 Å². The molecule has 0 heterocycles. The molecule has 2 aliphatic carbocycles. The zero-order valence-corrected chi connectivity index (χ0v) is 11.6. The van der Waals surface area contributed by atoms with Crippen molar-refractivity contribution >= 4 is 5.91 Å². The largest absolute Gasteiger partial charge is 0.443 e. The average Bonchev–Trinajstić information content (AvgIpc) is 2.97. The summed E-state index contributed by atoms with van der Waals surface area (Å²) < 4.78 is 67.3. The van der Waals surface area contributed by atoms with Crippen LogP contribution in [0.2, 0.25) is 0 Å². The Morgan fingerprint density at radius 3 is 2.18 bits per heavy atom. The van der Waals surface area contributed by atoms with Gasteiger partial charge in [0.1, 0.15) is 6.10 Å². The molecule has 126 valence electrons. The van der Waals surface area contributed by atoms with Gasteiger partial charge in [0.25, 0.3) is 0 Å². The van der Waals surface area contributed by atoms with E-state index in [1.807, 2.05) is 0 Å². The number of rotatable bonds is 4. The number of amides is 1. The average molecular weight is 329 g/mol. The molecule has 5 unspecified atom stereocenters. The Morgan fingerprint density at radius 1 is 1.23 bits per heavy atom. The Labute approximate surface area is 123 Å². The molecule has 22 heavy (non-hydrogen) atoms. The number of allylic oxidation sites excluding steroid dienone is 2. The van der Waals surface area contributed by atoms with Gasteiger partial charge in [0, 0.05) is 6.92 Å². The maximum atomic E-state index is 14.2. The van der Waals surface area contributed by atoms with Gasteiger partial charge >= 0.3 is 17.8 Å². The van der Waals surface area contributed by atoms with Gasteiger partial charge in [0.15, 0.2) is 0 Å². The van der Waals surface area contributed by atoms with E-state index in [1.165, 1.54) is 0 Å². The molecule has 9 heteroatoms. The lowest BCUT2D eigenvalue weighted by Crippen LogP contribution is -2.72. The summed E-state index contributed by atoms with van der Waals surface area (Å²) in [5.41, 5.74) is -4.82. The second-order valence-electron chi connectivity index (χ2n) is 5.90. The number of halogens is 5. The zero-order valence-electron chi connectivity index (χ0n) is 11.6. The fourth-order valence-electron chi connectivity index (χ4n) is 3.27. The summed E-state index contributed by atoms with van der Waals surface area (Å²) in [6.07, 6.45) is -4.62. The third kappa shape index (κ3) is 2.50. The van der Waals surface area contributed by atoms with Crippen molar-refractivity contribution in [2.75, 3.05) is 0 Å². The maximum Gasteiger partial charge on any atom is 0.443 e. The second kappa shape index (κ2) is 5.16. The van der Waals surface area contributed by atoms with Crippen LogP contribution in [0.3, 0.4) is 0 Å². The lowest BCUT2D eigenvalue weighted by molar-refractivity contribution is -0.362. The normalized spacial score (nSPS) is 31.9. The topological polar surface area (TPSA) is 69.6 Å². The third-order valence-electron chi connectivity index (χ3n) is 4.36. The molecule has 2 aliphatic rings. The molecule has 5 atom stereocenters. The summed E-state index contributed by atoms with van der Waals surface area (Å²) in [6.45, 7) is 0.569. The highest BCUT2D eigenvalue weighted by molar-refractivity contribution is 5.73. The maximum absolute atomic E-state index is 14.2. The van der Waals surface area contributed by atoms with E-state index >= 15 is 0 Å². The summed E-state index contributed by atoms with van der Waals surface area (Å²) in [5, 5.41) is 20.1. The standard InChI is InChI=1S/C13H16F5NO3/c1-6(20)19-12(22,13(16,17)18)11(14,15)10(21)9-5-7-2-3-8(9)4-7/h2-3,7-10,21-22H,4-5H2,1H3,(H,19,20). The Morgan fingerprint density at radius 2 is 1.82 bits per heavy atom. The molecule has 3 N–H and O–H groups in total. The van der Waals surface area contributed by atoms with Gasteiger partial charge in [0.05, 0.1) is 0 Å². The molecule has 0 aromatic rings. The van der Waals surface area contributed by atoms with Crippen molar-refractivity contribution in [2.24, 2.45) is 17.8 Å². The van der Waals surface area contributed by atoms with Crippen LogP contribution in [0.4, 0.5) is 22.0 Å². The summed E-state index contributed by atoms with van der Waals surface area (Å²) >= 11 is 0. The molecule has 4 nitrogen and oxygen atoms in total. The molecule has 2 bridgehead atoms.